The van der Waals surface area contributed by atoms with Crippen molar-refractivity contribution < 1.29 is 13.9 Å². The summed E-state index contributed by atoms with van der Waals surface area (Å²) in [6, 6.07) is 11.5. The number of nitrogens with zero attached hydrogens (tertiary/aromatic N) is 1. The highest BCUT2D eigenvalue weighted by Gasteiger charge is 2.23. The highest BCUT2D eigenvalue weighted by atomic mass is 16.5. The molecule has 0 aliphatic carbocycles. The van der Waals surface area contributed by atoms with E-state index in [0.29, 0.717) is 13.2 Å². The Kier molecular flexibility index (Phi) is 6.18. The quantitative estimate of drug-likeness (QED) is 0.544. The summed E-state index contributed by atoms with van der Waals surface area (Å²) in [6.07, 6.45) is 3.58. The molecule has 1 amide bonds. The molecule has 1 unspecified atom stereocenters. The Labute approximate surface area is 137 Å². The molecule has 0 aliphatic heterocycles. The van der Waals surface area contributed by atoms with Crippen LogP contribution in [-0.2, 0) is 16.1 Å². The number of hydrogen-bond acceptors (Lipinski definition) is 3. The molecule has 1 atom stereocenters. The van der Waals surface area contributed by atoms with Crippen molar-refractivity contribution in [2.24, 2.45) is 0 Å². The van der Waals surface area contributed by atoms with Crippen LogP contribution in [0, 0.1) is 6.92 Å². The first-order valence-electron chi connectivity index (χ1n) is 7.74. The van der Waals surface area contributed by atoms with Gasteiger partial charge in [-0.2, -0.15) is 0 Å². The summed E-state index contributed by atoms with van der Waals surface area (Å²) < 4.78 is 11.0. The van der Waals surface area contributed by atoms with Gasteiger partial charge in [0, 0.05) is 5.69 Å². The van der Waals surface area contributed by atoms with E-state index in [4.69, 9.17) is 9.15 Å². The molecule has 23 heavy (non-hydrogen) atoms. The second kappa shape index (κ2) is 8.34. The van der Waals surface area contributed by atoms with Crippen molar-refractivity contribution in [1.29, 1.82) is 0 Å². The van der Waals surface area contributed by atoms with Crippen LogP contribution in [0.15, 0.2) is 59.7 Å². The second-order valence-electron chi connectivity index (χ2n) is 5.43. The third kappa shape index (κ3) is 4.83. The van der Waals surface area contributed by atoms with Crippen LogP contribution in [0.4, 0.5) is 5.69 Å². The molecule has 2 aromatic rings. The Bertz CT molecular complexity index is 617. The second-order valence-corrected chi connectivity index (χ2v) is 5.43. The van der Waals surface area contributed by atoms with Crippen LogP contribution < -0.4 is 4.90 Å². The average Bonchev–Trinajstić information content (AvgIpc) is 3.06. The number of carbonyl (C=O) groups is 1. The van der Waals surface area contributed by atoms with E-state index in [1.807, 2.05) is 43.3 Å². The highest BCUT2D eigenvalue weighted by molar-refractivity contribution is 5.96. The minimum Gasteiger partial charge on any atom is -0.467 e. The minimum atomic E-state index is -0.522. The molecular formula is C19H23NO3. The molecule has 122 valence electrons. The van der Waals surface area contributed by atoms with Crippen molar-refractivity contribution in [3.05, 3.63) is 66.6 Å². The van der Waals surface area contributed by atoms with Gasteiger partial charge in [-0.1, -0.05) is 23.8 Å². The zero-order valence-electron chi connectivity index (χ0n) is 13.7. The van der Waals surface area contributed by atoms with Crippen LogP contribution in [0.1, 0.15) is 24.7 Å². The zero-order chi connectivity index (χ0) is 16.7. The number of benzene rings is 1. The number of amides is 1. The van der Waals surface area contributed by atoms with E-state index >= 15 is 0 Å². The summed E-state index contributed by atoms with van der Waals surface area (Å²) in [4.78, 5) is 14.5. The van der Waals surface area contributed by atoms with Gasteiger partial charge in [0.25, 0.3) is 5.91 Å². The Balaban J connectivity index is 2.16. The largest absolute Gasteiger partial charge is 0.467 e. The number of anilines is 1. The Morgan fingerprint density at radius 2 is 2.09 bits per heavy atom. The highest BCUT2D eigenvalue weighted by Crippen LogP contribution is 2.20. The molecule has 1 aromatic heterocycles. The van der Waals surface area contributed by atoms with E-state index in [2.05, 4.69) is 6.58 Å². The number of furan rings is 1. The Morgan fingerprint density at radius 3 is 2.70 bits per heavy atom. The summed E-state index contributed by atoms with van der Waals surface area (Å²) in [5.74, 6) is 0.645. The average molecular weight is 313 g/mol. The van der Waals surface area contributed by atoms with Crippen molar-refractivity contribution in [3.63, 3.8) is 0 Å². The Hall–Kier alpha value is -2.33. The number of hydrogen-bond donors (Lipinski definition) is 0. The first-order valence-corrected chi connectivity index (χ1v) is 7.74. The van der Waals surface area contributed by atoms with Gasteiger partial charge in [-0.05, 0) is 44.5 Å². The van der Waals surface area contributed by atoms with Crippen molar-refractivity contribution in [2.45, 2.75) is 32.9 Å². The number of ether oxygens (including phenoxy) is 1. The van der Waals surface area contributed by atoms with Crippen molar-refractivity contribution in [1.82, 2.24) is 0 Å². The normalized spacial score (nSPS) is 11.9. The van der Waals surface area contributed by atoms with Gasteiger partial charge in [0.1, 0.15) is 11.9 Å². The summed E-state index contributed by atoms with van der Waals surface area (Å²) in [6.45, 7) is 8.31. The van der Waals surface area contributed by atoms with E-state index < -0.39 is 6.10 Å². The van der Waals surface area contributed by atoms with Gasteiger partial charge in [0.15, 0.2) is 0 Å². The molecule has 0 N–H and O–H groups in total. The molecule has 1 aromatic carbocycles. The zero-order valence-corrected chi connectivity index (χ0v) is 13.7. The molecule has 0 spiro atoms. The third-order valence-corrected chi connectivity index (χ3v) is 3.54. The lowest BCUT2D eigenvalue weighted by Gasteiger charge is -2.25. The number of rotatable bonds is 8. The fraction of sp³-hybridized carbons (Fsp3) is 0.316. The molecule has 1 heterocycles. The SMILES string of the molecule is C=CCCOC(C)C(=O)N(Cc1ccco1)c1ccc(C)cc1. The first kappa shape index (κ1) is 17.0. The molecule has 0 saturated carbocycles. The van der Waals surface area contributed by atoms with Crippen molar-refractivity contribution in [3.8, 4) is 0 Å². The van der Waals surface area contributed by atoms with Gasteiger partial charge in [0.2, 0.25) is 0 Å². The fourth-order valence-corrected chi connectivity index (χ4v) is 2.20. The van der Waals surface area contributed by atoms with Gasteiger partial charge in [-0.3, -0.25) is 4.79 Å². The van der Waals surface area contributed by atoms with E-state index in [1.54, 1.807) is 24.2 Å². The van der Waals surface area contributed by atoms with E-state index in [9.17, 15) is 4.79 Å². The van der Waals surface area contributed by atoms with Gasteiger partial charge >= 0.3 is 0 Å². The molecule has 0 saturated heterocycles. The lowest BCUT2D eigenvalue weighted by atomic mass is 10.2. The van der Waals surface area contributed by atoms with Gasteiger partial charge < -0.3 is 14.1 Å². The molecule has 0 radical (unpaired) electrons. The van der Waals surface area contributed by atoms with Gasteiger partial charge in [0.05, 0.1) is 19.4 Å². The van der Waals surface area contributed by atoms with Crippen LogP contribution in [-0.4, -0.2) is 18.6 Å². The maximum Gasteiger partial charge on any atom is 0.256 e. The summed E-state index contributed by atoms with van der Waals surface area (Å²) in [5.41, 5.74) is 1.98. The summed E-state index contributed by atoms with van der Waals surface area (Å²) >= 11 is 0. The first-order chi connectivity index (χ1) is 11.1. The lowest BCUT2D eigenvalue weighted by Crippen LogP contribution is -2.39. The fourth-order valence-electron chi connectivity index (χ4n) is 2.20. The summed E-state index contributed by atoms with van der Waals surface area (Å²) in [7, 11) is 0. The molecule has 2 rings (SSSR count). The maximum absolute atomic E-state index is 12.8. The molecular weight excluding hydrogens is 290 g/mol. The van der Waals surface area contributed by atoms with Crippen LogP contribution in [0.2, 0.25) is 0 Å². The predicted octanol–water partition coefficient (Wildman–Crippen LogP) is 4.10. The molecule has 4 heteroatoms. The standard InChI is InChI=1S/C19H23NO3/c1-4-5-12-22-16(3)19(21)20(14-18-7-6-13-23-18)17-10-8-15(2)9-11-17/h4,6-11,13,16H,1,5,12,14H2,2-3H3. The minimum absolute atomic E-state index is 0.0886. The lowest BCUT2D eigenvalue weighted by molar-refractivity contribution is -0.129. The van der Waals surface area contributed by atoms with Gasteiger partial charge in [-0.25, -0.2) is 0 Å². The monoisotopic (exact) mass is 313 g/mol. The predicted molar refractivity (Wildman–Crippen MR) is 91.3 cm³/mol. The molecule has 0 aliphatic rings. The van der Waals surface area contributed by atoms with Gasteiger partial charge in [-0.15, -0.1) is 6.58 Å². The number of carbonyl (C=O) groups excluding carboxylic acids is 1. The van der Waals surface area contributed by atoms with E-state index in [1.165, 1.54) is 0 Å². The molecule has 0 bridgehead atoms. The smallest absolute Gasteiger partial charge is 0.256 e. The van der Waals surface area contributed by atoms with Crippen molar-refractivity contribution >= 4 is 11.6 Å². The topological polar surface area (TPSA) is 42.7 Å². The maximum atomic E-state index is 12.8. The number of aryl methyl sites for hydroxylation is 1. The van der Waals surface area contributed by atoms with E-state index in [-0.39, 0.29) is 5.91 Å². The third-order valence-electron chi connectivity index (χ3n) is 3.54. The Morgan fingerprint density at radius 1 is 1.35 bits per heavy atom. The van der Waals surface area contributed by atoms with E-state index in [0.717, 1.165) is 23.4 Å². The summed E-state index contributed by atoms with van der Waals surface area (Å²) in [5, 5.41) is 0. The van der Waals surface area contributed by atoms with Crippen molar-refractivity contribution in [2.75, 3.05) is 11.5 Å². The van der Waals surface area contributed by atoms with Crippen LogP contribution in [0.25, 0.3) is 0 Å². The van der Waals surface area contributed by atoms with Crippen LogP contribution >= 0.6 is 0 Å². The molecule has 4 nitrogen and oxygen atoms in total. The molecule has 0 fully saturated rings. The van der Waals surface area contributed by atoms with Crippen LogP contribution in [0.3, 0.4) is 0 Å². The van der Waals surface area contributed by atoms with Crippen LogP contribution in [0.5, 0.6) is 0 Å².